The van der Waals surface area contributed by atoms with Crippen molar-refractivity contribution < 1.29 is 0 Å². The van der Waals surface area contributed by atoms with Gasteiger partial charge in [0.15, 0.2) is 0 Å². The zero-order chi connectivity index (χ0) is 20.9. The average Bonchev–Trinajstić information content (AvgIpc) is 3.19. The van der Waals surface area contributed by atoms with E-state index >= 15 is 0 Å². The van der Waals surface area contributed by atoms with Crippen LogP contribution >= 0.6 is 0 Å². The maximum absolute atomic E-state index is 9.15. The number of hydrogen-bond donors (Lipinski definition) is 2. The van der Waals surface area contributed by atoms with Crippen LogP contribution in [0.2, 0.25) is 0 Å². The lowest BCUT2D eigenvalue weighted by atomic mass is 9.91. The molecule has 1 atom stereocenters. The molecule has 0 unspecified atom stereocenters. The highest BCUT2D eigenvalue weighted by molar-refractivity contribution is 5.84. The molecule has 3 aromatic rings. The van der Waals surface area contributed by atoms with E-state index in [1.54, 1.807) is 0 Å². The van der Waals surface area contributed by atoms with Gasteiger partial charge < -0.3 is 11.5 Å². The SMILES string of the molecule is N#Cc1ccc(-c2cc(CN3CC[C@H](N)C3)ccc2-c2ccc(CCN)cc2)cc1. The van der Waals surface area contributed by atoms with Crippen LogP contribution in [0, 0.1) is 11.3 Å². The maximum Gasteiger partial charge on any atom is 0.0991 e. The Morgan fingerprint density at radius 3 is 2.20 bits per heavy atom. The Morgan fingerprint density at radius 1 is 0.900 bits per heavy atom. The summed E-state index contributed by atoms with van der Waals surface area (Å²) in [7, 11) is 0. The molecule has 1 aliphatic rings. The van der Waals surface area contributed by atoms with Gasteiger partial charge in [-0.2, -0.15) is 5.26 Å². The molecule has 1 heterocycles. The van der Waals surface area contributed by atoms with E-state index in [-0.39, 0.29) is 6.04 Å². The van der Waals surface area contributed by atoms with Gasteiger partial charge in [0.25, 0.3) is 0 Å². The molecule has 1 saturated heterocycles. The molecule has 4 rings (SSSR count). The van der Waals surface area contributed by atoms with Gasteiger partial charge in [0, 0.05) is 25.7 Å². The highest BCUT2D eigenvalue weighted by Crippen LogP contribution is 2.34. The Kier molecular flexibility index (Phi) is 6.25. The van der Waals surface area contributed by atoms with Crippen molar-refractivity contribution in [2.24, 2.45) is 11.5 Å². The van der Waals surface area contributed by atoms with E-state index in [1.165, 1.54) is 27.8 Å². The number of likely N-dealkylation sites (tertiary alicyclic amines) is 1. The highest BCUT2D eigenvalue weighted by atomic mass is 15.2. The Morgan fingerprint density at radius 2 is 1.57 bits per heavy atom. The normalized spacial score (nSPS) is 16.5. The lowest BCUT2D eigenvalue weighted by Crippen LogP contribution is -2.26. The second-order valence-corrected chi connectivity index (χ2v) is 8.09. The van der Waals surface area contributed by atoms with Crippen molar-refractivity contribution in [3.05, 3.63) is 83.4 Å². The molecule has 0 amide bonds. The summed E-state index contributed by atoms with van der Waals surface area (Å²) >= 11 is 0. The van der Waals surface area contributed by atoms with Crippen LogP contribution in [0.4, 0.5) is 0 Å². The molecule has 1 aliphatic heterocycles. The van der Waals surface area contributed by atoms with E-state index in [2.05, 4.69) is 53.4 Å². The number of benzene rings is 3. The van der Waals surface area contributed by atoms with Crippen molar-refractivity contribution in [1.82, 2.24) is 4.90 Å². The molecule has 0 bridgehead atoms. The third kappa shape index (κ3) is 4.60. The molecule has 0 radical (unpaired) electrons. The monoisotopic (exact) mass is 396 g/mol. The molecule has 3 aromatic carbocycles. The van der Waals surface area contributed by atoms with E-state index in [9.17, 15) is 0 Å². The standard InChI is InChI=1S/C26H28N4/c27-13-11-19-1-6-22(7-2-19)25-10-5-21(17-30-14-12-24(29)18-30)15-26(25)23-8-3-20(16-28)4-9-23/h1-10,15,24H,11-14,17-18,27,29H2/t24-/m0/s1. The first kappa shape index (κ1) is 20.3. The van der Waals surface area contributed by atoms with Gasteiger partial charge in [0.2, 0.25) is 0 Å². The molecule has 4 heteroatoms. The first-order valence-electron chi connectivity index (χ1n) is 10.6. The number of nitrogens with zero attached hydrogens (tertiary/aromatic N) is 2. The minimum absolute atomic E-state index is 0.286. The van der Waals surface area contributed by atoms with Crippen molar-refractivity contribution in [2.75, 3.05) is 19.6 Å². The van der Waals surface area contributed by atoms with Crippen LogP contribution in [0.5, 0.6) is 0 Å². The van der Waals surface area contributed by atoms with E-state index in [0.29, 0.717) is 12.1 Å². The second kappa shape index (κ2) is 9.23. The molecule has 0 aromatic heterocycles. The summed E-state index contributed by atoms with van der Waals surface area (Å²) in [4.78, 5) is 2.42. The predicted octanol–water partition coefficient (Wildman–Crippen LogP) is 3.93. The van der Waals surface area contributed by atoms with Gasteiger partial charge in [-0.05, 0) is 71.0 Å². The minimum Gasteiger partial charge on any atom is -0.330 e. The van der Waals surface area contributed by atoms with Crippen molar-refractivity contribution in [2.45, 2.75) is 25.4 Å². The summed E-state index contributed by atoms with van der Waals surface area (Å²) < 4.78 is 0. The fourth-order valence-electron chi connectivity index (χ4n) is 4.19. The number of nitrogens with two attached hydrogens (primary N) is 2. The van der Waals surface area contributed by atoms with E-state index in [1.807, 2.05) is 24.3 Å². The van der Waals surface area contributed by atoms with Crippen LogP contribution in [0.25, 0.3) is 22.3 Å². The molecular formula is C26H28N4. The topological polar surface area (TPSA) is 79.1 Å². The van der Waals surface area contributed by atoms with Crippen molar-refractivity contribution in [1.29, 1.82) is 5.26 Å². The third-order valence-corrected chi connectivity index (χ3v) is 5.82. The molecule has 30 heavy (non-hydrogen) atoms. The maximum atomic E-state index is 9.15. The highest BCUT2D eigenvalue weighted by Gasteiger charge is 2.19. The minimum atomic E-state index is 0.286. The van der Waals surface area contributed by atoms with Gasteiger partial charge in [-0.15, -0.1) is 0 Å². The first-order valence-corrected chi connectivity index (χ1v) is 10.6. The van der Waals surface area contributed by atoms with Gasteiger partial charge in [-0.1, -0.05) is 48.5 Å². The van der Waals surface area contributed by atoms with E-state index in [4.69, 9.17) is 16.7 Å². The molecular weight excluding hydrogens is 368 g/mol. The average molecular weight is 397 g/mol. The van der Waals surface area contributed by atoms with Gasteiger partial charge in [0.05, 0.1) is 11.6 Å². The Balaban J connectivity index is 1.71. The quantitative estimate of drug-likeness (QED) is 0.662. The van der Waals surface area contributed by atoms with Crippen LogP contribution in [0.1, 0.15) is 23.1 Å². The number of nitriles is 1. The summed E-state index contributed by atoms with van der Waals surface area (Å²) in [6, 6.07) is 25.7. The molecule has 1 fully saturated rings. The summed E-state index contributed by atoms with van der Waals surface area (Å²) in [6.07, 6.45) is 1.95. The van der Waals surface area contributed by atoms with Crippen molar-refractivity contribution in [3.8, 4) is 28.3 Å². The summed E-state index contributed by atoms with van der Waals surface area (Å²) in [5, 5.41) is 9.15. The number of hydrogen-bond acceptors (Lipinski definition) is 4. The summed E-state index contributed by atoms with van der Waals surface area (Å²) in [5.74, 6) is 0. The van der Waals surface area contributed by atoms with E-state index < -0.39 is 0 Å². The largest absolute Gasteiger partial charge is 0.330 e. The van der Waals surface area contributed by atoms with Crippen molar-refractivity contribution in [3.63, 3.8) is 0 Å². The Labute approximate surface area is 178 Å². The third-order valence-electron chi connectivity index (χ3n) is 5.82. The second-order valence-electron chi connectivity index (χ2n) is 8.09. The Hall–Kier alpha value is -2.97. The lowest BCUT2D eigenvalue weighted by molar-refractivity contribution is 0.327. The Bertz CT molecular complexity index is 1030. The smallest absolute Gasteiger partial charge is 0.0991 e. The van der Waals surface area contributed by atoms with Gasteiger partial charge in [-0.3, -0.25) is 4.90 Å². The van der Waals surface area contributed by atoms with Crippen LogP contribution < -0.4 is 11.5 Å². The van der Waals surface area contributed by atoms with Gasteiger partial charge in [0.1, 0.15) is 0 Å². The molecule has 152 valence electrons. The fraction of sp³-hybridized carbons (Fsp3) is 0.269. The molecule has 4 N–H and O–H groups in total. The zero-order valence-electron chi connectivity index (χ0n) is 17.2. The van der Waals surface area contributed by atoms with Crippen LogP contribution in [0.15, 0.2) is 66.7 Å². The van der Waals surface area contributed by atoms with Crippen molar-refractivity contribution >= 4 is 0 Å². The molecule has 0 saturated carbocycles. The molecule has 0 aliphatic carbocycles. The lowest BCUT2D eigenvalue weighted by Gasteiger charge is -2.18. The first-order chi connectivity index (χ1) is 14.7. The predicted molar refractivity (Wildman–Crippen MR) is 123 cm³/mol. The summed E-state index contributed by atoms with van der Waals surface area (Å²) in [6.45, 7) is 3.58. The number of rotatable bonds is 6. The molecule has 0 spiro atoms. The zero-order valence-corrected chi connectivity index (χ0v) is 17.2. The van der Waals surface area contributed by atoms with Crippen LogP contribution in [-0.2, 0) is 13.0 Å². The van der Waals surface area contributed by atoms with Crippen LogP contribution in [0.3, 0.4) is 0 Å². The van der Waals surface area contributed by atoms with Gasteiger partial charge >= 0.3 is 0 Å². The summed E-state index contributed by atoms with van der Waals surface area (Å²) in [5.41, 5.74) is 19.7. The van der Waals surface area contributed by atoms with Gasteiger partial charge in [-0.25, -0.2) is 0 Å². The fourth-order valence-corrected chi connectivity index (χ4v) is 4.19. The van der Waals surface area contributed by atoms with Crippen LogP contribution in [-0.4, -0.2) is 30.6 Å². The molecule has 4 nitrogen and oxygen atoms in total. The van der Waals surface area contributed by atoms with E-state index in [0.717, 1.165) is 38.0 Å².